The number of amides is 1. The number of carboxylic acid groups (broad SMARTS) is 1. The zero-order valence-electron chi connectivity index (χ0n) is 12.9. The lowest BCUT2D eigenvalue weighted by Crippen LogP contribution is -2.40. The third-order valence-electron chi connectivity index (χ3n) is 2.87. The predicted octanol–water partition coefficient (Wildman–Crippen LogP) is 0.688. The number of nitrogens with zero attached hydrogens (tertiary/aromatic N) is 4. The van der Waals surface area contributed by atoms with Gasteiger partial charge in [0.25, 0.3) is 5.91 Å². The number of carbonyl (C=O) groups excluding carboxylic acids is 1. The van der Waals surface area contributed by atoms with E-state index in [-0.39, 0.29) is 18.4 Å². The minimum absolute atomic E-state index is 0.179. The van der Waals surface area contributed by atoms with Crippen LogP contribution in [0.3, 0.4) is 0 Å². The first-order valence-electron chi connectivity index (χ1n) is 6.79. The Morgan fingerprint density at radius 2 is 1.76 bits per heavy atom. The Balaban J connectivity index is 2.85. The maximum absolute atomic E-state index is 12.3. The highest BCUT2D eigenvalue weighted by Gasteiger charge is 2.19. The minimum Gasteiger partial charge on any atom is -0.480 e. The van der Waals surface area contributed by atoms with Gasteiger partial charge >= 0.3 is 5.97 Å². The Morgan fingerprint density at radius 1 is 1.19 bits per heavy atom. The van der Waals surface area contributed by atoms with Crippen molar-refractivity contribution < 1.29 is 14.7 Å². The zero-order valence-corrected chi connectivity index (χ0v) is 12.9. The summed E-state index contributed by atoms with van der Waals surface area (Å²) < 4.78 is 0. The van der Waals surface area contributed by atoms with E-state index in [1.807, 2.05) is 32.8 Å². The predicted molar refractivity (Wildman–Crippen MR) is 78.2 cm³/mol. The van der Waals surface area contributed by atoms with Crippen molar-refractivity contribution in [2.24, 2.45) is 0 Å². The van der Waals surface area contributed by atoms with Crippen molar-refractivity contribution >= 4 is 11.9 Å². The van der Waals surface area contributed by atoms with Crippen LogP contribution in [0, 0.1) is 0 Å². The summed E-state index contributed by atoms with van der Waals surface area (Å²) in [6, 6.07) is 0. The van der Waals surface area contributed by atoms with Crippen molar-refractivity contribution in [2.45, 2.75) is 19.8 Å². The molecule has 1 heterocycles. The van der Waals surface area contributed by atoms with Gasteiger partial charge in [0, 0.05) is 31.4 Å². The monoisotopic (exact) mass is 294 g/mol. The first-order valence-corrected chi connectivity index (χ1v) is 6.79. The molecular formula is C14H22N4O3. The topological polar surface area (TPSA) is 86.6 Å². The maximum Gasteiger partial charge on any atom is 0.323 e. The van der Waals surface area contributed by atoms with Gasteiger partial charge in [0.1, 0.15) is 12.4 Å². The molecule has 0 aliphatic rings. The smallest absolute Gasteiger partial charge is 0.323 e. The van der Waals surface area contributed by atoms with Gasteiger partial charge in [-0.2, -0.15) is 0 Å². The van der Waals surface area contributed by atoms with E-state index in [1.165, 1.54) is 17.3 Å². The van der Waals surface area contributed by atoms with E-state index in [9.17, 15) is 9.59 Å². The van der Waals surface area contributed by atoms with Gasteiger partial charge in [-0.3, -0.25) is 9.59 Å². The van der Waals surface area contributed by atoms with E-state index in [0.717, 1.165) is 0 Å². The number of hydrogen-bond acceptors (Lipinski definition) is 5. The quantitative estimate of drug-likeness (QED) is 0.796. The molecule has 1 rings (SSSR count). The van der Waals surface area contributed by atoms with Gasteiger partial charge in [-0.15, -0.1) is 0 Å². The molecule has 1 aromatic heterocycles. The lowest BCUT2D eigenvalue weighted by atomic mass is 10.2. The largest absolute Gasteiger partial charge is 0.480 e. The van der Waals surface area contributed by atoms with Crippen molar-refractivity contribution in [1.82, 2.24) is 19.8 Å². The summed E-state index contributed by atoms with van der Waals surface area (Å²) in [5, 5.41) is 8.92. The lowest BCUT2D eigenvalue weighted by Gasteiger charge is -2.22. The summed E-state index contributed by atoms with van der Waals surface area (Å²) in [4.78, 5) is 34.7. The highest BCUT2D eigenvalue weighted by atomic mass is 16.4. The van der Waals surface area contributed by atoms with Gasteiger partial charge < -0.3 is 14.9 Å². The zero-order chi connectivity index (χ0) is 16.0. The highest BCUT2D eigenvalue weighted by molar-refractivity contribution is 5.95. The SMILES string of the molecule is CC(C)c1ncc(C(=O)N(CCN(C)C)CC(=O)O)cn1. The number of aromatic nitrogens is 2. The first kappa shape index (κ1) is 17.0. The summed E-state index contributed by atoms with van der Waals surface area (Å²) in [6.07, 6.45) is 2.91. The molecule has 1 aromatic rings. The Hall–Kier alpha value is -2.02. The van der Waals surface area contributed by atoms with Gasteiger partial charge in [-0.05, 0) is 14.1 Å². The van der Waals surface area contributed by atoms with Crippen molar-refractivity contribution in [3.63, 3.8) is 0 Å². The van der Waals surface area contributed by atoms with Gasteiger partial charge in [-0.1, -0.05) is 13.8 Å². The number of rotatable bonds is 7. The number of carbonyl (C=O) groups is 2. The van der Waals surface area contributed by atoms with E-state index in [1.54, 1.807) is 0 Å². The van der Waals surface area contributed by atoms with Crippen LogP contribution in [0.2, 0.25) is 0 Å². The van der Waals surface area contributed by atoms with Crippen LogP contribution in [-0.2, 0) is 4.79 Å². The molecule has 0 saturated heterocycles. The fraction of sp³-hybridized carbons (Fsp3) is 0.571. The molecule has 116 valence electrons. The van der Waals surface area contributed by atoms with E-state index < -0.39 is 5.97 Å². The van der Waals surface area contributed by atoms with Crippen LogP contribution in [0.25, 0.3) is 0 Å². The summed E-state index contributed by atoms with van der Waals surface area (Å²) in [5.74, 6) is -0.570. The molecule has 0 spiro atoms. The second-order valence-corrected chi connectivity index (χ2v) is 5.41. The molecular weight excluding hydrogens is 272 g/mol. The Morgan fingerprint density at radius 3 is 2.19 bits per heavy atom. The van der Waals surface area contributed by atoms with E-state index in [2.05, 4.69) is 9.97 Å². The van der Waals surface area contributed by atoms with Crippen molar-refractivity contribution in [2.75, 3.05) is 33.7 Å². The molecule has 7 heteroatoms. The average Bonchev–Trinajstić information content (AvgIpc) is 2.42. The van der Waals surface area contributed by atoms with E-state index in [0.29, 0.717) is 24.5 Å². The average molecular weight is 294 g/mol. The maximum atomic E-state index is 12.3. The summed E-state index contributed by atoms with van der Waals surface area (Å²) in [5.41, 5.74) is 0.305. The second kappa shape index (κ2) is 7.68. The molecule has 0 aliphatic carbocycles. The molecule has 0 fully saturated rings. The molecule has 7 nitrogen and oxygen atoms in total. The molecule has 1 N–H and O–H groups in total. The van der Waals surface area contributed by atoms with Gasteiger partial charge in [0.2, 0.25) is 0 Å². The van der Waals surface area contributed by atoms with Gasteiger partial charge in [0.05, 0.1) is 5.56 Å². The summed E-state index contributed by atoms with van der Waals surface area (Å²) in [7, 11) is 3.73. The summed E-state index contributed by atoms with van der Waals surface area (Å²) >= 11 is 0. The Labute approximate surface area is 124 Å². The molecule has 0 unspecified atom stereocenters. The van der Waals surface area contributed by atoms with Crippen LogP contribution in [-0.4, -0.2) is 70.5 Å². The fourth-order valence-electron chi connectivity index (χ4n) is 1.67. The second-order valence-electron chi connectivity index (χ2n) is 5.41. The molecule has 0 saturated carbocycles. The minimum atomic E-state index is -1.04. The Bertz CT molecular complexity index is 485. The summed E-state index contributed by atoms with van der Waals surface area (Å²) in [6.45, 7) is 4.52. The van der Waals surface area contributed by atoms with Crippen LogP contribution in [0.1, 0.15) is 35.9 Å². The Kier molecular flexibility index (Phi) is 6.23. The van der Waals surface area contributed by atoms with Crippen LogP contribution in [0.15, 0.2) is 12.4 Å². The number of aliphatic carboxylic acids is 1. The molecule has 21 heavy (non-hydrogen) atoms. The van der Waals surface area contributed by atoms with Crippen molar-refractivity contribution in [3.05, 3.63) is 23.8 Å². The van der Waals surface area contributed by atoms with Crippen LogP contribution in [0.5, 0.6) is 0 Å². The van der Waals surface area contributed by atoms with E-state index in [4.69, 9.17) is 5.11 Å². The number of likely N-dealkylation sites (N-methyl/N-ethyl adjacent to an activating group) is 1. The van der Waals surface area contributed by atoms with Crippen LogP contribution >= 0.6 is 0 Å². The van der Waals surface area contributed by atoms with E-state index >= 15 is 0 Å². The third-order valence-corrected chi connectivity index (χ3v) is 2.87. The molecule has 1 amide bonds. The van der Waals surface area contributed by atoms with Crippen LogP contribution < -0.4 is 0 Å². The van der Waals surface area contributed by atoms with Gasteiger partial charge in [0.15, 0.2) is 0 Å². The number of hydrogen-bond donors (Lipinski definition) is 1. The third kappa shape index (κ3) is 5.47. The van der Waals surface area contributed by atoms with Crippen molar-refractivity contribution in [3.8, 4) is 0 Å². The lowest BCUT2D eigenvalue weighted by molar-refractivity contribution is -0.137. The highest BCUT2D eigenvalue weighted by Crippen LogP contribution is 2.09. The molecule has 0 bridgehead atoms. The van der Waals surface area contributed by atoms with Crippen LogP contribution in [0.4, 0.5) is 0 Å². The normalized spacial score (nSPS) is 11.0. The van der Waals surface area contributed by atoms with Gasteiger partial charge in [-0.25, -0.2) is 9.97 Å². The molecule has 0 radical (unpaired) electrons. The van der Waals surface area contributed by atoms with Crippen molar-refractivity contribution in [1.29, 1.82) is 0 Å². The molecule has 0 aliphatic heterocycles. The molecule has 0 atom stereocenters. The number of carboxylic acids is 1. The standard InChI is InChI=1S/C14H22N4O3/c1-10(2)13-15-7-11(8-16-13)14(21)18(9-12(19)20)6-5-17(3)4/h7-8,10H,5-6,9H2,1-4H3,(H,19,20). The first-order chi connectivity index (χ1) is 9.81. The molecule has 0 aromatic carbocycles. The fourth-order valence-corrected chi connectivity index (χ4v) is 1.67.